The van der Waals surface area contributed by atoms with Crippen LogP contribution in [0, 0.1) is 0 Å². The zero-order valence-corrected chi connectivity index (χ0v) is 22.9. The van der Waals surface area contributed by atoms with E-state index in [0.29, 0.717) is 28.1 Å². The lowest BCUT2D eigenvalue weighted by atomic mass is 10.1. The molecule has 0 aliphatic carbocycles. The maximum absolute atomic E-state index is 13.6. The van der Waals surface area contributed by atoms with Crippen molar-refractivity contribution in [3.8, 4) is 5.75 Å². The Kier molecular flexibility index (Phi) is 10.6. The highest BCUT2D eigenvalue weighted by molar-refractivity contribution is 7.92. The first kappa shape index (κ1) is 30.9. The largest absolute Gasteiger partial charge is 0.497 e. The van der Waals surface area contributed by atoms with E-state index in [4.69, 9.17) is 4.74 Å². The van der Waals surface area contributed by atoms with Crippen LogP contribution in [0.5, 0.6) is 5.75 Å². The molecule has 0 bridgehead atoms. The van der Waals surface area contributed by atoms with Crippen molar-refractivity contribution in [3.05, 3.63) is 59.7 Å². The normalized spacial score (nSPS) is 13.4. The van der Waals surface area contributed by atoms with Gasteiger partial charge in [-0.2, -0.15) is 13.2 Å². The Morgan fingerprint density at radius 2 is 1.68 bits per heavy atom. The lowest BCUT2D eigenvalue weighted by Crippen LogP contribution is -2.53. The first-order chi connectivity index (χ1) is 17.7. The number of anilines is 1. The molecule has 0 spiro atoms. The van der Waals surface area contributed by atoms with Crippen LogP contribution >= 0.6 is 0 Å². The summed E-state index contributed by atoms with van der Waals surface area (Å²) in [6.07, 6.45) is -3.01. The summed E-state index contributed by atoms with van der Waals surface area (Å²) in [6.45, 7) is 4.61. The monoisotopic (exact) mass is 557 g/mol. The third-order valence-electron chi connectivity index (χ3n) is 6.04. The number of hydrogen-bond donors (Lipinski definition) is 1. The third-order valence-corrected chi connectivity index (χ3v) is 7.18. The summed E-state index contributed by atoms with van der Waals surface area (Å²) in [5.41, 5.74) is -0.707. The van der Waals surface area contributed by atoms with Crippen molar-refractivity contribution in [2.45, 2.75) is 58.4 Å². The number of ether oxygens (including phenoxy) is 1. The highest BCUT2D eigenvalue weighted by Crippen LogP contribution is 2.32. The number of hydrogen-bond acceptors (Lipinski definition) is 5. The van der Waals surface area contributed by atoms with Crippen LogP contribution in [0.3, 0.4) is 0 Å². The Balaban J connectivity index is 2.49. The van der Waals surface area contributed by atoms with Gasteiger partial charge in [0.15, 0.2) is 0 Å². The molecule has 0 radical (unpaired) electrons. The molecule has 0 aliphatic heterocycles. The topological polar surface area (TPSA) is 96.0 Å². The van der Waals surface area contributed by atoms with Crippen molar-refractivity contribution >= 4 is 27.5 Å². The summed E-state index contributed by atoms with van der Waals surface area (Å²) in [5, 5.41) is 2.85. The first-order valence-electron chi connectivity index (χ1n) is 12.1. The van der Waals surface area contributed by atoms with E-state index >= 15 is 0 Å². The number of nitrogens with zero attached hydrogens (tertiary/aromatic N) is 2. The Morgan fingerprint density at radius 1 is 1.05 bits per heavy atom. The van der Waals surface area contributed by atoms with Crippen LogP contribution in [0.25, 0.3) is 0 Å². The Hall–Kier alpha value is -3.28. The SMILES string of the molecule is CC[C@@H](C)NC(=O)[C@@H](CC)N(Cc1ccc(OC)cc1)C(=O)CN(c1cccc(C(F)(F)F)c1)S(C)(=O)=O. The van der Waals surface area contributed by atoms with Gasteiger partial charge in [-0.3, -0.25) is 13.9 Å². The van der Waals surface area contributed by atoms with Gasteiger partial charge in [0.25, 0.3) is 0 Å². The minimum absolute atomic E-state index is 0.0323. The summed E-state index contributed by atoms with van der Waals surface area (Å²) in [4.78, 5) is 28.0. The lowest BCUT2D eigenvalue weighted by Gasteiger charge is -2.33. The van der Waals surface area contributed by atoms with Gasteiger partial charge in [-0.15, -0.1) is 0 Å². The lowest BCUT2D eigenvalue weighted by molar-refractivity contribution is -0.140. The van der Waals surface area contributed by atoms with Gasteiger partial charge in [-0.25, -0.2) is 8.42 Å². The molecule has 0 unspecified atom stereocenters. The molecule has 0 saturated heterocycles. The van der Waals surface area contributed by atoms with E-state index in [1.165, 1.54) is 18.1 Å². The molecule has 2 amide bonds. The molecular weight excluding hydrogens is 523 g/mol. The molecule has 38 heavy (non-hydrogen) atoms. The maximum Gasteiger partial charge on any atom is 0.416 e. The summed E-state index contributed by atoms with van der Waals surface area (Å²) >= 11 is 0. The highest BCUT2D eigenvalue weighted by atomic mass is 32.2. The van der Waals surface area contributed by atoms with Crippen molar-refractivity contribution in [1.29, 1.82) is 0 Å². The average Bonchev–Trinajstić information content (AvgIpc) is 2.86. The fraction of sp³-hybridized carbons (Fsp3) is 0.462. The predicted molar refractivity (Wildman–Crippen MR) is 139 cm³/mol. The number of alkyl halides is 3. The molecule has 8 nitrogen and oxygen atoms in total. The number of methoxy groups -OCH3 is 1. The van der Waals surface area contributed by atoms with Crippen LogP contribution < -0.4 is 14.4 Å². The van der Waals surface area contributed by atoms with Gasteiger partial charge in [0, 0.05) is 12.6 Å². The van der Waals surface area contributed by atoms with Crippen LogP contribution in [0.15, 0.2) is 48.5 Å². The van der Waals surface area contributed by atoms with E-state index in [1.807, 2.05) is 13.8 Å². The van der Waals surface area contributed by atoms with E-state index in [-0.39, 0.29) is 24.7 Å². The van der Waals surface area contributed by atoms with Gasteiger partial charge in [0.2, 0.25) is 21.8 Å². The second-order valence-corrected chi connectivity index (χ2v) is 10.8. The number of carbonyl (C=O) groups excluding carboxylic acids is 2. The number of carbonyl (C=O) groups is 2. The fourth-order valence-electron chi connectivity index (χ4n) is 3.74. The molecule has 0 aromatic heterocycles. The number of benzene rings is 2. The standard InChI is InChI=1S/C26H34F3N3O5S/c1-6-18(3)30-25(34)23(7-2)31(16-19-11-13-22(37-4)14-12-19)24(33)17-32(38(5,35)36)21-10-8-9-20(15-21)26(27,28)29/h8-15,18,23H,6-7,16-17H2,1-5H3,(H,30,34)/t18-,23-/m1/s1. The zero-order chi connectivity index (χ0) is 28.7. The minimum atomic E-state index is -4.70. The van der Waals surface area contributed by atoms with Gasteiger partial charge < -0.3 is 15.0 Å². The summed E-state index contributed by atoms with van der Waals surface area (Å²) in [7, 11) is -2.66. The van der Waals surface area contributed by atoms with Gasteiger partial charge >= 0.3 is 6.18 Å². The number of halogens is 3. The zero-order valence-electron chi connectivity index (χ0n) is 22.1. The predicted octanol–water partition coefficient (Wildman–Crippen LogP) is 4.20. The molecule has 0 saturated carbocycles. The Morgan fingerprint density at radius 3 is 2.18 bits per heavy atom. The number of rotatable bonds is 12. The summed E-state index contributed by atoms with van der Waals surface area (Å²) in [6, 6.07) is 9.43. The molecule has 2 atom stereocenters. The molecule has 2 rings (SSSR count). The van der Waals surface area contributed by atoms with Crippen LogP contribution in [0.1, 0.15) is 44.7 Å². The maximum atomic E-state index is 13.6. The van der Waals surface area contributed by atoms with Crippen molar-refractivity contribution in [3.63, 3.8) is 0 Å². The van der Waals surface area contributed by atoms with Gasteiger partial charge in [-0.05, 0) is 55.7 Å². The van der Waals surface area contributed by atoms with E-state index in [1.54, 1.807) is 31.2 Å². The van der Waals surface area contributed by atoms with Gasteiger partial charge in [-0.1, -0.05) is 32.0 Å². The molecule has 210 valence electrons. The third kappa shape index (κ3) is 8.37. The quantitative estimate of drug-likeness (QED) is 0.422. The van der Waals surface area contributed by atoms with E-state index < -0.39 is 46.2 Å². The minimum Gasteiger partial charge on any atom is -0.497 e. The van der Waals surface area contributed by atoms with Crippen molar-refractivity contribution in [1.82, 2.24) is 10.2 Å². The van der Waals surface area contributed by atoms with E-state index in [2.05, 4.69) is 5.32 Å². The number of sulfonamides is 1. The summed E-state index contributed by atoms with van der Waals surface area (Å²) in [5.74, 6) is -0.565. The van der Waals surface area contributed by atoms with Gasteiger partial charge in [0.05, 0.1) is 24.6 Å². The molecular formula is C26H34F3N3O5S. The van der Waals surface area contributed by atoms with Crippen LogP contribution in [0.2, 0.25) is 0 Å². The Bertz CT molecular complexity index is 1200. The van der Waals surface area contributed by atoms with Crippen molar-refractivity contribution in [2.24, 2.45) is 0 Å². The molecule has 2 aromatic carbocycles. The molecule has 1 N–H and O–H groups in total. The highest BCUT2D eigenvalue weighted by Gasteiger charge is 2.34. The molecule has 0 heterocycles. The number of nitrogens with one attached hydrogen (secondary N) is 1. The summed E-state index contributed by atoms with van der Waals surface area (Å²) < 4.78 is 70.9. The fourth-order valence-corrected chi connectivity index (χ4v) is 4.58. The smallest absolute Gasteiger partial charge is 0.416 e. The molecule has 2 aromatic rings. The second-order valence-electron chi connectivity index (χ2n) is 8.93. The number of amides is 2. The molecule has 0 fully saturated rings. The average molecular weight is 558 g/mol. The van der Waals surface area contributed by atoms with Gasteiger partial charge in [0.1, 0.15) is 18.3 Å². The first-order valence-corrected chi connectivity index (χ1v) is 13.9. The van der Waals surface area contributed by atoms with E-state index in [9.17, 15) is 31.2 Å². The van der Waals surface area contributed by atoms with Crippen LogP contribution in [0.4, 0.5) is 18.9 Å². The second kappa shape index (κ2) is 13.0. The van der Waals surface area contributed by atoms with Crippen LogP contribution in [-0.2, 0) is 32.3 Å². The molecule has 12 heteroatoms. The van der Waals surface area contributed by atoms with Crippen LogP contribution in [-0.4, -0.2) is 57.1 Å². The van der Waals surface area contributed by atoms with E-state index in [0.717, 1.165) is 18.4 Å². The molecule has 0 aliphatic rings. The van der Waals surface area contributed by atoms with Crippen molar-refractivity contribution in [2.75, 3.05) is 24.2 Å². The Labute approximate surface area is 221 Å². The van der Waals surface area contributed by atoms with Crippen molar-refractivity contribution < 1.29 is 35.9 Å².